The van der Waals surface area contributed by atoms with Crippen LogP contribution in [0.15, 0.2) is 39.8 Å². The zero-order valence-electron chi connectivity index (χ0n) is 10.5. The van der Waals surface area contributed by atoms with Crippen LogP contribution < -0.4 is 0 Å². The summed E-state index contributed by atoms with van der Waals surface area (Å²) in [4.78, 5) is 0.307. The van der Waals surface area contributed by atoms with Gasteiger partial charge < -0.3 is 0 Å². The molecule has 1 aromatic carbocycles. The Bertz CT molecular complexity index is 670. The number of alkyl halides is 1. The van der Waals surface area contributed by atoms with Gasteiger partial charge in [-0.15, -0.1) is 16.7 Å². The van der Waals surface area contributed by atoms with Crippen molar-refractivity contribution in [3.8, 4) is 0 Å². The first-order valence-electron chi connectivity index (χ1n) is 5.94. The van der Waals surface area contributed by atoms with Crippen molar-refractivity contribution in [2.75, 3.05) is 11.6 Å². The molecule has 1 aromatic heterocycles. The smallest absolute Gasteiger partial charge is 0.180 e. The Kier molecular flexibility index (Phi) is 5.17. The van der Waals surface area contributed by atoms with Gasteiger partial charge in [0.2, 0.25) is 0 Å². The summed E-state index contributed by atoms with van der Waals surface area (Å²) in [6, 6.07) is 6.58. The molecule has 0 amide bonds. The second-order valence-electron chi connectivity index (χ2n) is 4.18. The predicted octanol–water partition coefficient (Wildman–Crippen LogP) is 2.30. The number of sulfone groups is 1. The number of rotatable bonds is 6. The monoisotopic (exact) mass is 377 g/mol. The Morgan fingerprint density at radius 3 is 2.60 bits per heavy atom. The normalized spacial score (nSPS) is 11.7. The molecular weight excluding hydrogens is 366 g/mol. The zero-order chi connectivity index (χ0) is 14.6. The molecular formula is C12H13BrClN3O2S. The van der Waals surface area contributed by atoms with Crippen LogP contribution in [0.2, 0.25) is 0 Å². The molecule has 20 heavy (non-hydrogen) atoms. The number of hydrogen-bond acceptors (Lipinski definition) is 4. The summed E-state index contributed by atoms with van der Waals surface area (Å²) < 4.78 is 26.7. The molecule has 0 aliphatic carbocycles. The molecule has 2 aromatic rings. The standard InChI is InChI=1S/C12H13BrClN3O2S/c13-10-1-3-12(4-2-10)20(18,19)8-7-17-9-11(5-6-14)15-16-17/h1-4,9H,5-8H2. The van der Waals surface area contributed by atoms with E-state index in [4.69, 9.17) is 11.6 Å². The van der Waals surface area contributed by atoms with Crippen LogP contribution in [0, 0.1) is 0 Å². The van der Waals surface area contributed by atoms with E-state index in [1.165, 1.54) is 4.68 Å². The molecule has 0 saturated carbocycles. The summed E-state index contributed by atoms with van der Waals surface area (Å²) in [7, 11) is -3.31. The summed E-state index contributed by atoms with van der Waals surface area (Å²) >= 11 is 8.89. The fourth-order valence-corrected chi connectivity index (χ4v) is 3.30. The first-order valence-corrected chi connectivity index (χ1v) is 8.92. The van der Waals surface area contributed by atoms with Crippen LogP contribution in [0.1, 0.15) is 5.69 Å². The van der Waals surface area contributed by atoms with Crippen LogP contribution in [0.3, 0.4) is 0 Å². The minimum atomic E-state index is -3.31. The summed E-state index contributed by atoms with van der Waals surface area (Å²) in [5.74, 6) is 0.453. The van der Waals surface area contributed by atoms with Crippen molar-refractivity contribution in [1.29, 1.82) is 0 Å². The fourth-order valence-electron chi connectivity index (χ4n) is 1.63. The molecule has 1 heterocycles. The minimum Gasteiger partial charge on any atom is -0.251 e. The Labute approximate surface area is 131 Å². The fraction of sp³-hybridized carbons (Fsp3) is 0.333. The van der Waals surface area contributed by atoms with E-state index in [1.807, 2.05) is 0 Å². The maximum Gasteiger partial charge on any atom is 0.180 e. The Morgan fingerprint density at radius 1 is 1.25 bits per heavy atom. The van der Waals surface area contributed by atoms with E-state index in [2.05, 4.69) is 26.2 Å². The van der Waals surface area contributed by atoms with Crippen LogP contribution in [-0.2, 0) is 22.8 Å². The lowest BCUT2D eigenvalue weighted by atomic mass is 10.4. The molecule has 5 nitrogen and oxygen atoms in total. The van der Waals surface area contributed by atoms with E-state index >= 15 is 0 Å². The highest BCUT2D eigenvalue weighted by Crippen LogP contribution is 2.16. The highest BCUT2D eigenvalue weighted by atomic mass is 79.9. The number of benzene rings is 1. The quantitative estimate of drug-likeness (QED) is 0.724. The SMILES string of the molecule is O=S(=O)(CCn1cc(CCCl)nn1)c1ccc(Br)cc1. The van der Waals surface area contributed by atoms with Crippen molar-refractivity contribution >= 4 is 37.4 Å². The van der Waals surface area contributed by atoms with Gasteiger partial charge in [-0.1, -0.05) is 21.1 Å². The molecule has 108 valence electrons. The van der Waals surface area contributed by atoms with Crippen molar-refractivity contribution in [1.82, 2.24) is 15.0 Å². The van der Waals surface area contributed by atoms with Gasteiger partial charge in [-0.3, -0.25) is 4.68 Å². The van der Waals surface area contributed by atoms with E-state index in [9.17, 15) is 8.42 Å². The van der Waals surface area contributed by atoms with Gasteiger partial charge in [0.1, 0.15) is 0 Å². The maximum atomic E-state index is 12.2. The molecule has 2 rings (SSSR count). The number of nitrogens with zero attached hydrogens (tertiary/aromatic N) is 3. The third-order valence-electron chi connectivity index (χ3n) is 2.70. The lowest BCUT2D eigenvalue weighted by Gasteiger charge is -2.04. The molecule has 0 spiro atoms. The van der Waals surface area contributed by atoms with Crippen molar-refractivity contribution < 1.29 is 8.42 Å². The lowest BCUT2D eigenvalue weighted by molar-refractivity contribution is 0.575. The van der Waals surface area contributed by atoms with Gasteiger partial charge in [0.25, 0.3) is 0 Å². The third kappa shape index (κ3) is 4.04. The van der Waals surface area contributed by atoms with E-state index in [0.717, 1.165) is 10.2 Å². The third-order valence-corrected chi connectivity index (χ3v) is 5.13. The van der Waals surface area contributed by atoms with Crippen molar-refractivity contribution in [3.63, 3.8) is 0 Å². The summed E-state index contributed by atoms with van der Waals surface area (Å²) in [6.07, 6.45) is 2.35. The van der Waals surface area contributed by atoms with Gasteiger partial charge in [0.15, 0.2) is 9.84 Å². The first kappa shape index (κ1) is 15.5. The van der Waals surface area contributed by atoms with Crippen LogP contribution >= 0.6 is 27.5 Å². The molecule has 0 fully saturated rings. The highest BCUT2D eigenvalue weighted by molar-refractivity contribution is 9.10. The number of aromatic nitrogens is 3. The summed E-state index contributed by atoms with van der Waals surface area (Å²) in [5.41, 5.74) is 0.765. The van der Waals surface area contributed by atoms with Crippen molar-refractivity contribution in [2.45, 2.75) is 17.9 Å². The van der Waals surface area contributed by atoms with Crippen LogP contribution in [-0.4, -0.2) is 35.0 Å². The van der Waals surface area contributed by atoms with Gasteiger partial charge in [0, 0.05) is 23.0 Å². The van der Waals surface area contributed by atoms with E-state index in [1.54, 1.807) is 30.5 Å². The summed E-state index contributed by atoms with van der Waals surface area (Å²) in [6.45, 7) is 0.272. The molecule has 0 saturated heterocycles. The molecule has 0 atom stereocenters. The molecule has 0 aliphatic rings. The van der Waals surface area contributed by atoms with Crippen LogP contribution in [0.5, 0.6) is 0 Å². The molecule has 8 heteroatoms. The molecule has 0 bridgehead atoms. The number of aryl methyl sites for hydroxylation is 2. The van der Waals surface area contributed by atoms with Crippen molar-refractivity contribution in [3.05, 3.63) is 40.6 Å². The van der Waals surface area contributed by atoms with Gasteiger partial charge in [-0.2, -0.15) is 0 Å². The Morgan fingerprint density at radius 2 is 1.95 bits per heavy atom. The Balaban J connectivity index is 2.03. The minimum absolute atomic E-state index is 0.0156. The molecule has 0 unspecified atom stereocenters. The van der Waals surface area contributed by atoms with Gasteiger partial charge >= 0.3 is 0 Å². The van der Waals surface area contributed by atoms with E-state index < -0.39 is 9.84 Å². The van der Waals surface area contributed by atoms with E-state index in [0.29, 0.717) is 17.2 Å². The van der Waals surface area contributed by atoms with Crippen LogP contribution in [0.4, 0.5) is 0 Å². The summed E-state index contributed by atoms with van der Waals surface area (Å²) in [5, 5.41) is 7.80. The van der Waals surface area contributed by atoms with Gasteiger partial charge in [-0.25, -0.2) is 8.42 Å². The van der Waals surface area contributed by atoms with Crippen LogP contribution in [0.25, 0.3) is 0 Å². The second kappa shape index (κ2) is 6.69. The largest absolute Gasteiger partial charge is 0.251 e. The average Bonchev–Trinajstić information content (AvgIpc) is 2.85. The lowest BCUT2D eigenvalue weighted by Crippen LogP contribution is -2.13. The predicted molar refractivity (Wildman–Crippen MR) is 80.6 cm³/mol. The van der Waals surface area contributed by atoms with Gasteiger partial charge in [0.05, 0.1) is 22.9 Å². The topological polar surface area (TPSA) is 64.8 Å². The molecule has 0 aliphatic heterocycles. The van der Waals surface area contributed by atoms with Gasteiger partial charge in [-0.05, 0) is 24.3 Å². The molecule has 0 N–H and O–H groups in total. The number of halogens is 2. The maximum absolute atomic E-state index is 12.2. The first-order chi connectivity index (χ1) is 9.51. The average molecular weight is 379 g/mol. The highest BCUT2D eigenvalue weighted by Gasteiger charge is 2.14. The van der Waals surface area contributed by atoms with E-state index in [-0.39, 0.29) is 12.3 Å². The Hall–Kier alpha value is -0.920. The molecule has 0 radical (unpaired) electrons. The second-order valence-corrected chi connectivity index (χ2v) is 7.59. The zero-order valence-corrected chi connectivity index (χ0v) is 13.7. The van der Waals surface area contributed by atoms with Crippen molar-refractivity contribution in [2.24, 2.45) is 0 Å². The number of hydrogen-bond donors (Lipinski definition) is 0.